The van der Waals surface area contributed by atoms with Crippen LogP contribution in [0.15, 0.2) is 0 Å². The van der Waals surface area contributed by atoms with Crippen molar-refractivity contribution in [1.82, 2.24) is 0 Å². The smallest absolute Gasteiger partial charge is 0.0193 e. The topological polar surface area (TPSA) is 0 Å². The molecule has 0 aromatic heterocycles. The molecule has 5 atom stereocenters. The van der Waals surface area contributed by atoms with Crippen LogP contribution in [0, 0.1) is 0 Å². The van der Waals surface area contributed by atoms with Gasteiger partial charge in [0.1, 0.15) is 0 Å². The van der Waals surface area contributed by atoms with E-state index in [1.165, 1.54) is 25.7 Å². The summed E-state index contributed by atoms with van der Waals surface area (Å²) in [5.41, 5.74) is 5.51. The normalized spacial score (nSPS) is 36.4. The molecule has 2 heterocycles. The van der Waals surface area contributed by atoms with Gasteiger partial charge < -0.3 is 0 Å². The van der Waals surface area contributed by atoms with Gasteiger partial charge in [-0.25, -0.2) is 0 Å². The summed E-state index contributed by atoms with van der Waals surface area (Å²) in [5, 5.41) is 0. The first kappa shape index (κ1) is 18.2. The van der Waals surface area contributed by atoms with E-state index in [1.807, 2.05) is 0 Å². The van der Waals surface area contributed by atoms with Crippen LogP contribution in [-0.2, 0) is 0 Å². The maximum absolute atomic E-state index is 2.66. The van der Waals surface area contributed by atoms with Crippen molar-refractivity contribution in [3.8, 4) is 0 Å². The number of hydrogen-bond acceptors (Lipinski definition) is 0. The Morgan fingerprint density at radius 3 is 1.48 bits per heavy atom. The highest BCUT2D eigenvalue weighted by Gasteiger charge is 2.40. The minimum atomic E-state index is 0.319. The van der Waals surface area contributed by atoms with Gasteiger partial charge in [0.25, 0.3) is 0 Å². The van der Waals surface area contributed by atoms with E-state index in [-0.39, 0.29) is 0 Å². The van der Waals surface area contributed by atoms with E-state index in [4.69, 9.17) is 0 Å². The summed E-state index contributed by atoms with van der Waals surface area (Å²) in [6.45, 7) is 12.5. The van der Waals surface area contributed by atoms with Crippen molar-refractivity contribution in [2.45, 2.75) is 114 Å². The molecule has 2 heteroatoms. The second-order valence-corrected chi connectivity index (χ2v) is 13.5. The summed E-state index contributed by atoms with van der Waals surface area (Å²) in [6.07, 6.45) is 13.7. The molecular formula is C19H38P2. The average molecular weight is 328 g/mol. The third-order valence-electron chi connectivity index (χ3n) is 6.32. The maximum Gasteiger partial charge on any atom is -0.0193 e. The average Bonchev–Trinajstić information content (AvgIpc) is 3.09. The van der Waals surface area contributed by atoms with E-state index >= 15 is 0 Å². The van der Waals surface area contributed by atoms with E-state index < -0.39 is 0 Å². The van der Waals surface area contributed by atoms with Crippen LogP contribution in [0.4, 0.5) is 0 Å². The van der Waals surface area contributed by atoms with Gasteiger partial charge in [-0.05, 0) is 85.8 Å². The van der Waals surface area contributed by atoms with Crippen LogP contribution in [-0.4, -0.2) is 34.5 Å². The van der Waals surface area contributed by atoms with Gasteiger partial charge in [-0.3, -0.25) is 0 Å². The first-order valence-electron chi connectivity index (χ1n) is 9.69. The summed E-state index contributed by atoms with van der Waals surface area (Å²) in [6, 6.07) is 0. The Morgan fingerprint density at radius 2 is 1.10 bits per heavy atom. The van der Waals surface area contributed by atoms with Crippen molar-refractivity contribution < 1.29 is 0 Å². The van der Waals surface area contributed by atoms with Crippen molar-refractivity contribution in [1.29, 1.82) is 0 Å². The molecule has 0 aromatic carbocycles. The molecule has 124 valence electrons. The van der Waals surface area contributed by atoms with Crippen molar-refractivity contribution in [2.24, 2.45) is 0 Å². The van der Waals surface area contributed by atoms with Crippen molar-refractivity contribution in [3.63, 3.8) is 0 Å². The number of rotatable bonds is 7. The molecule has 2 saturated heterocycles. The van der Waals surface area contributed by atoms with E-state index in [2.05, 4.69) is 34.6 Å². The lowest BCUT2D eigenvalue weighted by Gasteiger charge is -2.35. The molecule has 0 N–H and O–H groups in total. The maximum atomic E-state index is 2.66. The highest BCUT2D eigenvalue weighted by molar-refractivity contribution is 7.64. The minimum Gasteiger partial charge on any atom is -0.0997 e. The molecule has 0 saturated carbocycles. The zero-order valence-electron chi connectivity index (χ0n) is 15.1. The first-order chi connectivity index (χ1) is 10.2. The first-order valence-corrected chi connectivity index (χ1v) is 12.9. The molecule has 0 nitrogen and oxygen atoms in total. The van der Waals surface area contributed by atoms with Crippen LogP contribution in [0.25, 0.3) is 0 Å². The quantitative estimate of drug-likeness (QED) is 0.440. The van der Waals surface area contributed by atoms with E-state index in [0.29, 0.717) is 15.8 Å². The summed E-state index contributed by atoms with van der Waals surface area (Å²) in [4.78, 5) is 0. The predicted molar refractivity (Wildman–Crippen MR) is 103 cm³/mol. The van der Waals surface area contributed by atoms with Crippen LogP contribution in [0.1, 0.15) is 86.0 Å². The standard InChI is InChI=1S/C19H38P2/c1-6-16-10-11-17(7-2)20(16)14-15(5)21-18(8-3)12-13-19(21)9-4/h15-19H,6-14H2,1-5H3/t15?,16-,17-,18-,19-/m0/s1. The van der Waals surface area contributed by atoms with Crippen LogP contribution in [0.5, 0.6) is 0 Å². The summed E-state index contributed by atoms with van der Waals surface area (Å²) in [7, 11) is 0.659. The molecule has 2 aliphatic heterocycles. The molecule has 0 spiro atoms. The van der Waals surface area contributed by atoms with Crippen LogP contribution in [0.3, 0.4) is 0 Å². The van der Waals surface area contributed by atoms with Gasteiger partial charge in [0.05, 0.1) is 0 Å². The van der Waals surface area contributed by atoms with E-state index in [1.54, 1.807) is 31.8 Å². The van der Waals surface area contributed by atoms with Crippen molar-refractivity contribution in [3.05, 3.63) is 0 Å². The second-order valence-electron chi connectivity index (χ2n) is 7.40. The Hall–Kier alpha value is 0.860. The number of hydrogen-bond donors (Lipinski definition) is 0. The molecule has 0 aliphatic carbocycles. The van der Waals surface area contributed by atoms with E-state index in [0.717, 1.165) is 28.3 Å². The fourth-order valence-corrected chi connectivity index (χ4v) is 13.9. The Labute approximate surface area is 136 Å². The SMILES string of the molecule is CC[C@H]1CC[C@H](CC)P1CC(C)P1[C@@H](CC)CC[C@@H]1CC. The predicted octanol–water partition coefficient (Wildman–Crippen LogP) is 7.04. The molecule has 2 fully saturated rings. The van der Waals surface area contributed by atoms with Crippen LogP contribution < -0.4 is 0 Å². The van der Waals surface area contributed by atoms with Crippen LogP contribution >= 0.6 is 15.8 Å². The third-order valence-corrected chi connectivity index (χ3v) is 14.8. The molecule has 2 aliphatic rings. The molecule has 0 radical (unpaired) electrons. The molecule has 2 rings (SSSR count). The largest absolute Gasteiger partial charge is 0.0997 e. The Kier molecular flexibility index (Phi) is 7.49. The van der Waals surface area contributed by atoms with Crippen molar-refractivity contribution in [2.75, 3.05) is 6.16 Å². The summed E-state index contributed by atoms with van der Waals surface area (Å²) in [5.74, 6) is 0. The Balaban J connectivity index is 2.02. The lowest BCUT2D eigenvalue weighted by atomic mass is 10.1. The lowest BCUT2D eigenvalue weighted by molar-refractivity contribution is 0.696. The Morgan fingerprint density at radius 1 is 0.714 bits per heavy atom. The lowest BCUT2D eigenvalue weighted by Crippen LogP contribution is -2.19. The monoisotopic (exact) mass is 328 g/mol. The van der Waals surface area contributed by atoms with Gasteiger partial charge in [0.2, 0.25) is 0 Å². The summed E-state index contributed by atoms with van der Waals surface area (Å²) < 4.78 is 0. The molecule has 0 bridgehead atoms. The molecule has 21 heavy (non-hydrogen) atoms. The third kappa shape index (κ3) is 4.04. The fraction of sp³-hybridized carbons (Fsp3) is 1.00. The highest BCUT2D eigenvalue weighted by atomic mass is 31.1. The molecule has 1 unspecified atom stereocenters. The van der Waals surface area contributed by atoms with Gasteiger partial charge in [-0.15, -0.1) is 0 Å². The highest BCUT2D eigenvalue weighted by Crippen LogP contribution is 2.66. The van der Waals surface area contributed by atoms with E-state index in [9.17, 15) is 0 Å². The summed E-state index contributed by atoms with van der Waals surface area (Å²) >= 11 is 0. The minimum absolute atomic E-state index is 0.319. The molecular weight excluding hydrogens is 290 g/mol. The van der Waals surface area contributed by atoms with Gasteiger partial charge in [-0.2, -0.15) is 0 Å². The fourth-order valence-electron chi connectivity index (χ4n) is 5.12. The zero-order valence-corrected chi connectivity index (χ0v) is 16.9. The van der Waals surface area contributed by atoms with Gasteiger partial charge in [-0.1, -0.05) is 50.5 Å². The Bertz CT molecular complexity index is 280. The zero-order chi connectivity index (χ0) is 15.4. The van der Waals surface area contributed by atoms with Gasteiger partial charge >= 0.3 is 0 Å². The second kappa shape index (κ2) is 8.64. The van der Waals surface area contributed by atoms with Gasteiger partial charge in [0, 0.05) is 0 Å². The van der Waals surface area contributed by atoms with Crippen molar-refractivity contribution >= 4 is 15.8 Å². The van der Waals surface area contributed by atoms with Gasteiger partial charge in [0.15, 0.2) is 0 Å². The molecule has 0 amide bonds. The van der Waals surface area contributed by atoms with Crippen LogP contribution in [0.2, 0.25) is 0 Å². The molecule has 0 aromatic rings.